The van der Waals surface area contributed by atoms with E-state index in [0.29, 0.717) is 30.5 Å². The molecule has 1 amide bonds. The summed E-state index contributed by atoms with van der Waals surface area (Å²) in [6.07, 6.45) is 4.09. The Morgan fingerprint density at radius 3 is 2.96 bits per heavy atom. The average molecular weight is 371 g/mol. The van der Waals surface area contributed by atoms with Crippen molar-refractivity contribution in [3.8, 4) is 17.1 Å². The van der Waals surface area contributed by atoms with Crippen LogP contribution >= 0.6 is 11.3 Å². The highest BCUT2D eigenvalue weighted by Gasteiger charge is 2.28. The Balaban J connectivity index is 1.43. The molecule has 1 N–H and O–H groups in total. The zero-order valence-corrected chi connectivity index (χ0v) is 15.6. The smallest absolute Gasteiger partial charge is 0.258 e. The lowest BCUT2D eigenvalue weighted by molar-refractivity contribution is 0.0948. The summed E-state index contributed by atoms with van der Waals surface area (Å²) in [4.78, 5) is 12.4. The molecule has 3 heterocycles. The molecule has 136 valence electrons. The van der Waals surface area contributed by atoms with Crippen molar-refractivity contribution in [3.63, 3.8) is 0 Å². The molecule has 8 heteroatoms. The Morgan fingerprint density at radius 2 is 2.27 bits per heavy atom. The molecule has 0 saturated heterocycles. The molecule has 0 aliphatic heterocycles. The van der Waals surface area contributed by atoms with Gasteiger partial charge in [-0.25, -0.2) is 0 Å². The normalized spacial score (nSPS) is 13.8. The van der Waals surface area contributed by atoms with Crippen LogP contribution in [0.25, 0.3) is 11.3 Å². The molecule has 1 saturated carbocycles. The maximum Gasteiger partial charge on any atom is 0.258 e. The molecule has 1 fully saturated rings. The highest BCUT2D eigenvalue weighted by Crippen LogP contribution is 2.41. The minimum absolute atomic E-state index is 0.187. The Labute approximate surface area is 155 Å². The SMILES string of the molecule is COc1nn(C)cc1C(=O)NCCn1nc(-c2ccsc2)cc1C1CC1. The van der Waals surface area contributed by atoms with E-state index in [1.165, 1.54) is 25.6 Å². The zero-order chi connectivity index (χ0) is 18.1. The Hall–Kier alpha value is -2.61. The molecule has 0 bridgehead atoms. The third-order valence-electron chi connectivity index (χ3n) is 4.47. The monoisotopic (exact) mass is 371 g/mol. The third-order valence-corrected chi connectivity index (χ3v) is 5.15. The van der Waals surface area contributed by atoms with Gasteiger partial charge < -0.3 is 10.1 Å². The van der Waals surface area contributed by atoms with Crippen molar-refractivity contribution >= 4 is 17.2 Å². The van der Waals surface area contributed by atoms with Crippen LogP contribution < -0.4 is 10.1 Å². The molecule has 0 unspecified atom stereocenters. The molecule has 3 aromatic heterocycles. The molecule has 0 atom stereocenters. The molecule has 0 aromatic carbocycles. The van der Waals surface area contributed by atoms with E-state index in [4.69, 9.17) is 9.84 Å². The van der Waals surface area contributed by atoms with Crippen molar-refractivity contribution < 1.29 is 9.53 Å². The van der Waals surface area contributed by atoms with E-state index in [1.807, 2.05) is 4.68 Å². The highest BCUT2D eigenvalue weighted by atomic mass is 32.1. The number of amides is 1. The molecule has 3 aromatic rings. The van der Waals surface area contributed by atoms with Gasteiger partial charge in [-0.05, 0) is 30.4 Å². The number of nitrogens with zero attached hydrogens (tertiary/aromatic N) is 4. The number of nitrogens with one attached hydrogen (secondary N) is 1. The summed E-state index contributed by atoms with van der Waals surface area (Å²) in [6.45, 7) is 1.14. The van der Waals surface area contributed by atoms with Gasteiger partial charge in [-0.3, -0.25) is 14.2 Å². The number of methoxy groups -OCH3 is 1. The molecular weight excluding hydrogens is 350 g/mol. The summed E-state index contributed by atoms with van der Waals surface area (Å²) < 4.78 is 8.75. The lowest BCUT2D eigenvalue weighted by Crippen LogP contribution is -2.28. The number of thiophene rings is 1. The van der Waals surface area contributed by atoms with E-state index >= 15 is 0 Å². The number of ether oxygens (including phenoxy) is 1. The van der Waals surface area contributed by atoms with Gasteiger partial charge in [0.1, 0.15) is 5.56 Å². The van der Waals surface area contributed by atoms with Gasteiger partial charge in [0.25, 0.3) is 5.91 Å². The van der Waals surface area contributed by atoms with E-state index in [9.17, 15) is 4.79 Å². The van der Waals surface area contributed by atoms with Gasteiger partial charge >= 0.3 is 0 Å². The molecule has 0 radical (unpaired) electrons. The topological polar surface area (TPSA) is 74.0 Å². The van der Waals surface area contributed by atoms with E-state index in [2.05, 4.69) is 33.3 Å². The Kier molecular flexibility index (Phi) is 4.50. The summed E-state index contributed by atoms with van der Waals surface area (Å²) in [7, 11) is 3.27. The van der Waals surface area contributed by atoms with Crippen LogP contribution in [0.2, 0.25) is 0 Å². The summed E-state index contributed by atoms with van der Waals surface area (Å²) in [5, 5.41) is 16.0. The number of hydrogen-bond donors (Lipinski definition) is 1. The summed E-state index contributed by atoms with van der Waals surface area (Å²) >= 11 is 1.67. The van der Waals surface area contributed by atoms with Gasteiger partial charge in [-0.1, -0.05) is 0 Å². The van der Waals surface area contributed by atoms with Crippen molar-refractivity contribution in [2.24, 2.45) is 7.05 Å². The molecule has 4 rings (SSSR count). The van der Waals surface area contributed by atoms with E-state index in [1.54, 1.807) is 29.3 Å². The molecular formula is C18H21N5O2S. The predicted molar refractivity (Wildman–Crippen MR) is 99.6 cm³/mol. The van der Waals surface area contributed by atoms with Crippen LogP contribution in [0.15, 0.2) is 29.1 Å². The van der Waals surface area contributed by atoms with Crippen LogP contribution in [0.5, 0.6) is 5.88 Å². The molecule has 1 aliphatic rings. The summed E-state index contributed by atoms with van der Waals surface area (Å²) in [5.74, 6) is 0.750. The molecule has 7 nitrogen and oxygen atoms in total. The quantitative estimate of drug-likeness (QED) is 0.693. The fourth-order valence-corrected chi connectivity index (χ4v) is 3.66. The van der Waals surface area contributed by atoms with Gasteiger partial charge in [0.05, 0.1) is 19.3 Å². The summed E-state index contributed by atoms with van der Waals surface area (Å²) in [5.41, 5.74) is 3.87. The van der Waals surface area contributed by atoms with Gasteiger partial charge in [0.15, 0.2) is 0 Å². The lowest BCUT2D eigenvalue weighted by atomic mass is 10.2. The summed E-state index contributed by atoms with van der Waals surface area (Å²) in [6, 6.07) is 4.27. The second-order valence-corrected chi connectivity index (χ2v) is 7.23. The van der Waals surface area contributed by atoms with Crippen LogP contribution in [0, 0.1) is 0 Å². The number of carbonyl (C=O) groups is 1. The van der Waals surface area contributed by atoms with E-state index in [0.717, 1.165) is 11.3 Å². The minimum atomic E-state index is -0.187. The zero-order valence-electron chi connectivity index (χ0n) is 14.8. The Bertz CT molecular complexity index is 908. The first-order chi connectivity index (χ1) is 12.7. The van der Waals surface area contributed by atoms with E-state index in [-0.39, 0.29) is 5.91 Å². The van der Waals surface area contributed by atoms with Gasteiger partial charge in [-0.15, -0.1) is 5.10 Å². The third kappa shape index (κ3) is 3.37. The van der Waals surface area contributed by atoms with Crippen LogP contribution in [0.3, 0.4) is 0 Å². The van der Waals surface area contributed by atoms with Crippen molar-refractivity contribution in [2.75, 3.05) is 13.7 Å². The second kappa shape index (κ2) is 6.95. The van der Waals surface area contributed by atoms with Gasteiger partial charge in [-0.2, -0.15) is 16.4 Å². The first-order valence-corrected chi connectivity index (χ1v) is 9.56. The number of hydrogen-bond acceptors (Lipinski definition) is 5. The lowest BCUT2D eigenvalue weighted by Gasteiger charge is -2.08. The maximum atomic E-state index is 12.4. The average Bonchev–Trinajstić information content (AvgIpc) is 3.04. The standard InChI is InChI=1S/C18H21N5O2S/c1-22-10-14(18(21-22)25-2)17(24)19-6-7-23-16(12-3-4-12)9-15(20-23)13-5-8-26-11-13/h5,8-12H,3-4,6-7H2,1-2H3,(H,19,24). The maximum absolute atomic E-state index is 12.4. The number of carbonyl (C=O) groups excluding carboxylic acids is 1. The molecule has 0 spiro atoms. The van der Waals surface area contributed by atoms with Gasteiger partial charge in [0, 0.05) is 42.3 Å². The van der Waals surface area contributed by atoms with E-state index < -0.39 is 0 Å². The Morgan fingerprint density at radius 1 is 1.42 bits per heavy atom. The fraction of sp³-hybridized carbons (Fsp3) is 0.389. The van der Waals surface area contributed by atoms with Crippen molar-refractivity contribution in [1.82, 2.24) is 24.9 Å². The number of rotatable bonds is 7. The van der Waals surface area contributed by atoms with Crippen molar-refractivity contribution in [3.05, 3.63) is 40.3 Å². The highest BCUT2D eigenvalue weighted by molar-refractivity contribution is 7.08. The number of aryl methyl sites for hydroxylation is 1. The first-order valence-electron chi connectivity index (χ1n) is 8.62. The van der Waals surface area contributed by atoms with Gasteiger partial charge in [0.2, 0.25) is 5.88 Å². The largest absolute Gasteiger partial charge is 0.479 e. The van der Waals surface area contributed by atoms with Crippen molar-refractivity contribution in [1.29, 1.82) is 0 Å². The first kappa shape index (κ1) is 16.8. The predicted octanol–water partition coefficient (Wildman–Crippen LogP) is 2.66. The second-order valence-electron chi connectivity index (χ2n) is 6.45. The molecule has 1 aliphatic carbocycles. The van der Waals surface area contributed by atoms with Crippen molar-refractivity contribution in [2.45, 2.75) is 25.3 Å². The fourth-order valence-electron chi connectivity index (χ4n) is 3.01. The minimum Gasteiger partial charge on any atom is -0.479 e. The van der Waals surface area contributed by atoms with Crippen LogP contribution in [-0.2, 0) is 13.6 Å². The number of aromatic nitrogens is 4. The van der Waals surface area contributed by atoms with Crippen LogP contribution in [-0.4, -0.2) is 39.1 Å². The van der Waals surface area contributed by atoms with Crippen LogP contribution in [0.4, 0.5) is 0 Å². The molecule has 26 heavy (non-hydrogen) atoms. The van der Waals surface area contributed by atoms with Crippen LogP contribution in [0.1, 0.15) is 34.8 Å².